The van der Waals surface area contributed by atoms with Crippen LogP contribution in [-0.4, -0.2) is 64.7 Å². The first kappa shape index (κ1) is 22.5. The molecule has 8 nitrogen and oxygen atoms in total. The predicted molar refractivity (Wildman–Crippen MR) is 126 cm³/mol. The maximum absolute atomic E-state index is 13.5. The first-order chi connectivity index (χ1) is 15.9. The summed E-state index contributed by atoms with van der Waals surface area (Å²) >= 11 is 0. The minimum absolute atomic E-state index is 0.112. The Bertz CT molecular complexity index is 1250. The lowest BCUT2D eigenvalue weighted by atomic mass is 10.1. The summed E-state index contributed by atoms with van der Waals surface area (Å²) in [7, 11) is 1.54. The van der Waals surface area contributed by atoms with Gasteiger partial charge in [-0.1, -0.05) is 30.3 Å². The molecule has 2 heterocycles. The van der Waals surface area contributed by atoms with Gasteiger partial charge in [0.25, 0.3) is 17.4 Å². The summed E-state index contributed by atoms with van der Waals surface area (Å²) < 4.78 is 6.70. The van der Waals surface area contributed by atoms with Crippen molar-refractivity contribution in [1.82, 2.24) is 19.6 Å². The monoisotopic (exact) mass is 448 g/mol. The number of hydrogen-bond donors (Lipinski definition) is 0. The molecule has 0 spiro atoms. The van der Waals surface area contributed by atoms with Crippen molar-refractivity contribution in [1.29, 1.82) is 0 Å². The van der Waals surface area contributed by atoms with E-state index in [9.17, 15) is 14.4 Å². The molecule has 33 heavy (non-hydrogen) atoms. The number of carbonyl (C=O) groups excluding carboxylic acids is 2. The minimum Gasteiger partial charge on any atom is -0.496 e. The summed E-state index contributed by atoms with van der Waals surface area (Å²) in [6.07, 6.45) is 0.647. The van der Waals surface area contributed by atoms with Crippen LogP contribution >= 0.6 is 0 Å². The van der Waals surface area contributed by atoms with Crippen molar-refractivity contribution in [3.05, 3.63) is 70.1 Å². The number of benzene rings is 2. The number of fused-ring (bicyclic) bond motifs is 1. The average Bonchev–Trinajstić information content (AvgIpc) is 3.10. The first-order valence-corrected chi connectivity index (χ1v) is 11.2. The Labute approximate surface area is 192 Å². The van der Waals surface area contributed by atoms with Crippen LogP contribution in [0.25, 0.3) is 10.8 Å². The van der Waals surface area contributed by atoms with E-state index in [-0.39, 0.29) is 29.1 Å². The van der Waals surface area contributed by atoms with Gasteiger partial charge in [0, 0.05) is 31.6 Å². The van der Waals surface area contributed by atoms with Crippen molar-refractivity contribution in [3.8, 4) is 5.75 Å². The number of carbonyl (C=O) groups is 2. The van der Waals surface area contributed by atoms with Gasteiger partial charge in [-0.05, 0) is 38.5 Å². The van der Waals surface area contributed by atoms with E-state index >= 15 is 0 Å². The quantitative estimate of drug-likeness (QED) is 0.613. The summed E-state index contributed by atoms with van der Waals surface area (Å²) in [4.78, 5) is 42.9. The molecule has 2 aromatic carbocycles. The zero-order valence-corrected chi connectivity index (χ0v) is 19.2. The minimum atomic E-state index is -0.229. The third-order valence-corrected chi connectivity index (χ3v) is 5.93. The molecule has 4 rings (SSSR count). The SMILES string of the molecule is COc1ccccc1C(=O)N1CCCN(C(=O)c2nn(C(C)C)c(=O)c3ccccc23)CC1. The molecule has 0 atom stereocenters. The molecule has 1 fully saturated rings. The zero-order valence-electron chi connectivity index (χ0n) is 19.2. The number of ether oxygens (including phenoxy) is 1. The second kappa shape index (κ2) is 9.44. The fourth-order valence-corrected chi connectivity index (χ4v) is 4.18. The average molecular weight is 449 g/mol. The van der Waals surface area contributed by atoms with Crippen LogP contribution in [0.15, 0.2) is 53.3 Å². The second-order valence-corrected chi connectivity index (χ2v) is 8.38. The van der Waals surface area contributed by atoms with E-state index in [1.807, 2.05) is 26.0 Å². The molecule has 172 valence electrons. The molecule has 1 aromatic heterocycles. The molecule has 0 aliphatic carbocycles. The summed E-state index contributed by atoms with van der Waals surface area (Å²) in [5.74, 6) is 0.192. The van der Waals surface area contributed by atoms with Crippen LogP contribution in [0.4, 0.5) is 0 Å². The third-order valence-electron chi connectivity index (χ3n) is 5.93. The van der Waals surface area contributed by atoms with Gasteiger partial charge in [-0.15, -0.1) is 0 Å². The van der Waals surface area contributed by atoms with Crippen LogP contribution < -0.4 is 10.3 Å². The number of para-hydroxylation sites is 1. The Hall–Kier alpha value is -3.68. The number of hydrogen-bond acceptors (Lipinski definition) is 5. The number of nitrogens with zero attached hydrogens (tertiary/aromatic N) is 4. The topological polar surface area (TPSA) is 84.7 Å². The highest BCUT2D eigenvalue weighted by Crippen LogP contribution is 2.21. The van der Waals surface area contributed by atoms with Gasteiger partial charge in [-0.3, -0.25) is 14.4 Å². The molecule has 0 unspecified atom stereocenters. The molecule has 1 aliphatic heterocycles. The standard InChI is InChI=1S/C25H28N4O4/c1-17(2)29-24(31)19-10-5-4-9-18(19)22(26-29)25(32)28-14-8-13-27(15-16-28)23(30)20-11-6-7-12-21(20)33-3/h4-7,9-12,17H,8,13-16H2,1-3H3. The molecule has 1 saturated heterocycles. The lowest BCUT2D eigenvalue weighted by Crippen LogP contribution is -2.38. The zero-order chi connectivity index (χ0) is 23.5. The number of aromatic nitrogens is 2. The van der Waals surface area contributed by atoms with E-state index in [2.05, 4.69) is 5.10 Å². The van der Waals surface area contributed by atoms with Crippen LogP contribution in [0.3, 0.4) is 0 Å². The smallest absolute Gasteiger partial charge is 0.275 e. The van der Waals surface area contributed by atoms with Gasteiger partial charge in [0.05, 0.1) is 24.1 Å². The molecular formula is C25H28N4O4. The fourth-order valence-electron chi connectivity index (χ4n) is 4.18. The van der Waals surface area contributed by atoms with Crippen LogP contribution in [0.2, 0.25) is 0 Å². The predicted octanol–water partition coefficient (Wildman–Crippen LogP) is 2.97. The first-order valence-electron chi connectivity index (χ1n) is 11.2. The highest BCUT2D eigenvalue weighted by Gasteiger charge is 2.27. The normalized spacial score (nSPS) is 14.4. The van der Waals surface area contributed by atoms with E-state index in [0.717, 1.165) is 0 Å². The summed E-state index contributed by atoms with van der Waals surface area (Å²) in [6, 6.07) is 14.1. The Kier molecular flexibility index (Phi) is 6.44. The van der Waals surface area contributed by atoms with E-state index in [1.165, 1.54) is 4.68 Å². The van der Waals surface area contributed by atoms with Gasteiger partial charge in [0.15, 0.2) is 5.69 Å². The van der Waals surface area contributed by atoms with Crippen molar-refractivity contribution >= 4 is 22.6 Å². The van der Waals surface area contributed by atoms with Crippen molar-refractivity contribution < 1.29 is 14.3 Å². The van der Waals surface area contributed by atoms with Gasteiger partial charge in [0.2, 0.25) is 0 Å². The van der Waals surface area contributed by atoms with Crippen LogP contribution in [-0.2, 0) is 0 Å². The Balaban J connectivity index is 1.60. The molecule has 0 saturated carbocycles. The van der Waals surface area contributed by atoms with Crippen molar-refractivity contribution in [2.75, 3.05) is 33.3 Å². The number of rotatable bonds is 4. The Morgan fingerprint density at radius 3 is 2.15 bits per heavy atom. The van der Waals surface area contributed by atoms with E-state index in [1.54, 1.807) is 53.3 Å². The van der Waals surface area contributed by atoms with Crippen LogP contribution in [0.1, 0.15) is 47.2 Å². The molecular weight excluding hydrogens is 420 g/mol. The molecule has 8 heteroatoms. The summed E-state index contributed by atoms with van der Waals surface area (Å²) in [5, 5.41) is 5.48. The largest absolute Gasteiger partial charge is 0.496 e. The van der Waals surface area contributed by atoms with Gasteiger partial charge < -0.3 is 14.5 Å². The van der Waals surface area contributed by atoms with Crippen molar-refractivity contribution in [2.24, 2.45) is 0 Å². The number of amides is 2. The Morgan fingerprint density at radius 2 is 1.48 bits per heavy atom. The number of methoxy groups -OCH3 is 1. The Morgan fingerprint density at radius 1 is 0.879 bits per heavy atom. The summed E-state index contributed by atoms with van der Waals surface area (Å²) in [5.41, 5.74) is 0.571. The van der Waals surface area contributed by atoms with Gasteiger partial charge >= 0.3 is 0 Å². The van der Waals surface area contributed by atoms with Crippen molar-refractivity contribution in [3.63, 3.8) is 0 Å². The van der Waals surface area contributed by atoms with E-state index in [0.29, 0.717) is 54.7 Å². The van der Waals surface area contributed by atoms with Crippen molar-refractivity contribution in [2.45, 2.75) is 26.3 Å². The molecule has 2 amide bonds. The maximum atomic E-state index is 13.5. The third kappa shape index (κ3) is 4.33. The summed E-state index contributed by atoms with van der Waals surface area (Å²) in [6.45, 7) is 5.57. The molecule has 3 aromatic rings. The highest BCUT2D eigenvalue weighted by molar-refractivity contribution is 6.05. The second-order valence-electron chi connectivity index (χ2n) is 8.38. The van der Waals surface area contributed by atoms with Gasteiger partial charge in [-0.25, -0.2) is 4.68 Å². The van der Waals surface area contributed by atoms with Crippen LogP contribution in [0.5, 0.6) is 5.75 Å². The van der Waals surface area contributed by atoms with Gasteiger partial charge in [-0.2, -0.15) is 5.10 Å². The lowest BCUT2D eigenvalue weighted by molar-refractivity contribution is 0.0713. The highest BCUT2D eigenvalue weighted by atomic mass is 16.5. The lowest BCUT2D eigenvalue weighted by Gasteiger charge is -2.23. The van der Waals surface area contributed by atoms with Crippen LogP contribution in [0, 0.1) is 0 Å². The van der Waals surface area contributed by atoms with E-state index < -0.39 is 0 Å². The fraction of sp³-hybridized carbons (Fsp3) is 0.360. The molecule has 1 aliphatic rings. The van der Waals surface area contributed by atoms with E-state index in [4.69, 9.17) is 4.74 Å². The molecule has 0 bridgehead atoms. The van der Waals surface area contributed by atoms with Gasteiger partial charge in [0.1, 0.15) is 5.75 Å². The molecule has 0 radical (unpaired) electrons. The molecule has 0 N–H and O–H groups in total. The maximum Gasteiger partial charge on any atom is 0.275 e.